The molecule has 1 aromatic rings. The number of hydrogen-bond acceptors (Lipinski definition) is 1. The highest BCUT2D eigenvalue weighted by Crippen LogP contribution is 2.17. The van der Waals surface area contributed by atoms with Crippen LogP contribution in [-0.2, 0) is 0 Å². The summed E-state index contributed by atoms with van der Waals surface area (Å²) in [5, 5.41) is 0. The van der Waals surface area contributed by atoms with Crippen molar-refractivity contribution in [2.24, 2.45) is 0 Å². The minimum Gasteiger partial charge on any atom is -0.483 e. The van der Waals surface area contributed by atoms with Crippen LogP contribution in [0.15, 0.2) is 24.3 Å². The summed E-state index contributed by atoms with van der Waals surface area (Å²) in [7, 11) is 0. The van der Waals surface area contributed by atoms with Crippen molar-refractivity contribution >= 4 is 0 Å². The van der Waals surface area contributed by atoms with Gasteiger partial charge in [-0.25, -0.2) is 0 Å². The normalized spacial score (nSPS) is 11.2. The quantitative estimate of drug-likeness (QED) is 0.670. The van der Waals surface area contributed by atoms with Crippen LogP contribution in [0.25, 0.3) is 0 Å². The molecule has 0 bridgehead atoms. The molecule has 1 rings (SSSR count). The zero-order chi connectivity index (χ0) is 9.03. The van der Waals surface area contributed by atoms with Gasteiger partial charge < -0.3 is 4.74 Å². The van der Waals surface area contributed by atoms with E-state index in [1.807, 2.05) is 0 Å². The van der Waals surface area contributed by atoms with E-state index in [1.54, 1.807) is 12.1 Å². The van der Waals surface area contributed by atoms with Crippen LogP contribution < -0.4 is 4.74 Å². The molecule has 1 aromatic carbocycles. The van der Waals surface area contributed by atoms with Crippen molar-refractivity contribution in [1.82, 2.24) is 0 Å². The Morgan fingerprint density at radius 1 is 1.33 bits per heavy atom. The first-order chi connectivity index (χ1) is 5.58. The molecule has 0 unspecified atom stereocenters. The zero-order valence-corrected chi connectivity index (χ0v) is 6.06. The largest absolute Gasteiger partial charge is 0.483 e. The molecule has 0 amide bonds. The Labute approximate surface area is 67.8 Å². The van der Waals surface area contributed by atoms with Crippen molar-refractivity contribution in [2.75, 3.05) is 6.61 Å². The van der Waals surface area contributed by atoms with Crippen molar-refractivity contribution in [3.63, 3.8) is 0 Å². The van der Waals surface area contributed by atoms with E-state index < -0.39 is 12.8 Å². The minimum atomic E-state index is -4.29. The third kappa shape index (κ3) is 3.27. The highest BCUT2D eigenvalue weighted by atomic mass is 19.4. The predicted octanol–water partition coefficient (Wildman–Crippen LogP) is 2.43. The second kappa shape index (κ2) is 3.47. The standard InChI is InChI=1S/C8H6F3O/c9-8(10,11)6-12-7-4-2-1-3-5-7/h1-4H,6H2. The third-order valence-electron chi connectivity index (χ3n) is 1.07. The van der Waals surface area contributed by atoms with Crippen LogP contribution in [0.1, 0.15) is 0 Å². The van der Waals surface area contributed by atoms with Crippen molar-refractivity contribution in [1.29, 1.82) is 0 Å². The first kappa shape index (κ1) is 8.90. The maximum absolute atomic E-state index is 11.6. The summed E-state index contributed by atoms with van der Waals surface area (Å²) in [4.78, 5) is 0. The molecular formula is C8H6F3O. The van der Waals surface area contributed by atoms with E-state index >= 15 is 0 Å². The van der Waals surface area contributed by atoms with Gasteiger partial charge in [-0.15, -0.1) is 0 Å². The number of halogens is 3. The predicted molar refractivity (Wildman–Crippen MR) is 36.8 cm³/mol. The van der Waals surface area contributed by atoms with Gasteiger partial charge in [0.05, 0.1) is 0 Å². The molecule has 0 aliphatic rings. The van der Waals surface area contributed by atoms with E-state index in [0.717, 1.165) is 0 Å². The van der Waals surface area contributed by atoms with E-state index in [0.29, 0.717) is 0 Å². The maximum atomic E-state index is 11.6. The number of alkyl halides is 3. The zero-order valence-electron chi connectivity index (χ0n) is 6.06. The van der Waals surface area contributed by atoms with Crippen LogP contribution >= 0.6 is 0 Å². The topological polar surface area (TPSA) is 9.23 Å². The van der Waals surface area contributed by atoms with Gasteiger partial charge in [0.2, 0.25) is 0 Å². The number of benzene rings is 1. The minimum absolute atomic E-state index is 0.106. The van der Waals surface area contributed by atoms with Crippen LogP contribution in [0, 0.1) is 6.07 Å². The second-order valence-corrected chi connectivity index (χ2v) is 2.13. The summed E-state index contributed by atoms with van der Waals surface area (Å²) < 4.78 is 39.2. The van der Waals surface area contributed by atoms with E-state index in [1.165, 1.54) is 12.1 Å². The van der Waals surface area contributed by atoms with Crippen LogP contribution in [0.2, 0.25) is 0 Å². The molecule has 4 heteroatoms. The monoisotopic (exact) mass is 175 g/mol. The van der Waals surface area contributed by atoms with E-state index in [9.17, 15) is 13.2 Å². The fourth-order valence-corrected chi connectivity index (χ4v) is 0.626. The van der Waals surface area contributed by atoms with E-state index in [2.05, 4.69) is 10.8 Å². The lowest BCUT2D eigenvalue weighted by Crippen LogP contribution is -2.19. The summed E-state index contributed by atoms with van der Waals surface area (Å²) in [6.07, 6.45) is -4.29. The van der Waals surface area contributed by atoms with Gasteiger partial charge in [0.25, 0.3) is 0 Å². The van der Waals surface area contributed by atoms with Gasteiger partial charge in [0.15, 0.2) is 6.61 Å². The average Bonchev–Trinajstić information content (AvgIpc) is 2.02. The molecule has 1 nitrogen and oxygen atoms in total. The highest BCUT2D eigenvalue weighted by Gasteiger charge is 2.28. The Morgan fingerprint density at radius 2 is 2.08 bits per heavy atom. The van der Waals surface area contributed by atoms with Crippen LogP contribution in [0.5, 0.6) is 5.75 Å². The Kier molecular flexibility index (Phi) is 2.58. The Bertz CT molecular complexity index is 230. The molecular weight excluding hydrogens is 169 g/mol. The van der Waals surface area contributed by atoms with Gasteiger partial charge in [0.1, 0.15) is 5.75 Å². The van der Waals surface area contributed by atoms with E-state index in [4.69, 9.17) is 0 Å². The van der Waals surface area contributed by atoms with Crippen LogP contribution in [0.4, 0.5) is 13.2 Å². The Morgan fingerprint density at radius 3 is 2.58 bits per heavy atom. The summed E-state index contributed by atoms with van der Waals surface area (Å²) >= 11 is 0. The van der Waals surface area contributed by atoms with Crippen molar-refractivity contribution in [3.05, 3.63) is 30.3 Å². The van der Waals surface area contributed by atoms with Crippen LogP contribution in [-0.4, -0.2) is 12.8 Å². The van der Waals surface area contributed by atoms with E-state index in [-0.39, 0.29) is 5.75 Å². The fourth-order valence-electron chi connectivity index (χ4n) is 0.626. The molecule has 0 saturated carbocycles. The maximum Gasteiger partial charge on any atom is 0.422 e. The molecule has 0 aliphatic heterocycles. The van der Waals surface area contributed by atoms with Crippen LogP contribution in [0.3, 0.4) is 0 Å². The fraction of sp³-hybridized carbons (Fsp3) is 0.250. The molecule has 0 N–H and O–H groups in total. The Hall–Kier alpha value is -1.19. The molecule has 0 atom stereocenters. The molecule has 12 heavy (non-hydrogen) atoms. The summed E-state index contributed by atoms with van der Waals surface area (Å²) in [5.74, 6) is 0.106. The molecule has 1 radical (unpaired) electrons. The molecule has 0 aliphatic carbocycles. The highest BCUT2D eigenvalue weighted by molar-refractivity contribution is 5.19. The molecule has 0 spiro atoms. The van der Waals surface area contributed by atoms with Gasteiger partial charge in [0, 0.05) is 6.07 Å². The summed E-state index contributed by atoms with van der Waals surface area (Å²) in [6, 6.07) is 8.67. The first-order valence-corrected chi connectivity index (χ1v) is 3.24. The van der Waals surface area contributed by atoms with Crippen molar-refractivity contribution in [3.8, 4) is 5.75 Å². The SMILES string of the molecule is FC(F)(F)COc1[c]cccc1. The number of ether oxygens (including phenoxy) is 1. The third-order valence-corrected chi connectivity index (χ3v) is 1.07. The lowest BCUT2D eigenvalue weighted by molar-refractivity contribution is -0.153. The second-order valence-electron chi connectivity index (χ2n) is 2.13. The number of para-hydroxylation sites is 1. The first-order valence-electron chi connectivity index (χ1n) is 3.24. The summed E-state index contributed by atoms with van der Waals surface area (Å²) in [5.41, 5.74) is 0. The lowest BCUT2D eigenvalue weighted by atomic mass is 10.3. The van der Waals surface area contributed by atoms with Gasteiger partial charge in [-0.2, -0.15) is 13.2 Å². The van der Waals surface area contributed by atoms with Gasteiger partial charge in [-0.05, 0) is 6.07 Å². The molecule has 65 valence electrons. The lowest BCUT2D eigenvalue weighted by Gasteiger charge is -2.07. The van der Waals surface area contributed by atoms with Gasteiger partial charge >= 0.3 is 6.18 Å². The van der Waals surface area contributed by atoms with Crippen molar-refractivity contribution < 1.29 is 17.9 Å². The van der Waals surface area contributed by atoms with Crippen molar-refractivity contribution in [2.45, 2.75) is 6.18 Å². The summed E-state index contributed by atoms with van der Waals surface area (Å²) in [6.45, 7) is -1.27. The molecule has 0 aromatic heterocycles. The average molecular weight is 175 g/mol. The van der Waals surface area contributed by atoms with Gasteiger partial charge in [-0.1, -0.05) is 18.2 Å². The smallest absolute Gasteiger partial charge is 0.422 e. The molecule has 0 heterocycles. The Balaban J connectivity index is 2.44. The number of rotatable bonds is 2. The van der Waals surface area contributed by atoms with Gasteiger partial charge in [-0.3, -0.25) is 0 Å². The molecule has 0 saturated heterocycles. The number of hydrogen-bond donors (Lipinski definition) is 0. The molecule has 0 fully saturated rings.